The Hall–Kier alpha value is -2.47. The van der Waals surface area contributed by atoms with Gasteiger partial charge in [0.05, 0.1) is 11.2 Å². The molecule has 0 bridgehead atoms. The van der Waals surface area contributed by atoms with E-state index in [9.17, 15) is 0 Å². The summed E-state index contributed by atoms with van der Waals surface area (Å²) in [6, 6.07) is 7.95. The number of anilines is 2. The molecule has 0 atom stereocenters. The van der Waals surface area contributed by atoms with Crippen molar-refractivity contribution in [2.45, 2.75) is 26.3 Å². The van der Waals surface area contributed by atoms with Crippen molar-refractivity contribution in [3.05, 3.63) is 64.4 Å². The maximum Gasteiger partial charge on any atom is 0.225 e. The summed E-state index contributed by atoms with van der Waals surface area (Å²) in [5.74, 6) is 0.749. The predicted octanol–water partition coefficient (Wildman–Crippen LogP) is 3.33. The van der Waals surface area contributed by atoms with Crippen molar-refractivity contribution in [3.63, 3.8) is 0 Å². The summed E-state index contributed by atoms with van der Waals surface area (Å²) in [6.07, 6.45) is 5.62. The summed E-state index contributed by atoms with van der Waals surface area (Å²) in [5, 5.41) is 2.09. The van der Waals surface area contributed by atoms with Crippen LogP contribution >= 0.6 is 11.3 Å². The Labute approximate surface area is 146 Å². The van der Waals surface area contributed by atoms with Gasteiger partial charge in [0.1, 0.15) is 0 Å². The second-order valence-corrected chi connectivity index (χ2v) is 6.36. The number of aromatic nitrogens is 3. The highest BCUT2D eigenvalue weighted by Crippen LogP contribution is 2.15. The minimum absolute atomic E-state index is 0.746. The van der Waals surface area contributed by atoms with Crippen molar-refractivity contribution < 1.29 is 0 Å². The number of hydrogen-bond acceptors (Lipinski definition) is 6. The van der Waals surface area contributed by atoms with Gasteiger partial charge < -0.3 is 10.6 Å². The highest BCUT2D eigenvalue weighted by atomic mass is 32.1. The molecule has 2 heterocycles. The quantitative estimate of drug-likeness (QED) is 0.669. The summed E-state index contributed by atoms with van der Waals surface area (Å²) in [5.41, 5.74) is 11.9. The van der Waals surface area contributed by atoms with Crippen LogP contribution in [-0.2, 0) is 19.4 Å². The number of hydrogen-bond donors (Lipinski definition) is 1. The van der Waals surface area contributed by atoms with Gasteiger partial charge in [-0.05, 0) is 29.7 Å². The molecular weight excluding hydrogens is 318 g/mol. The normalized spacial score (nSPS) is 10.7. The van der Waals surface area contributed by atoms with E-state index in [4.69, 9.17) is 5.73 Å². The summed E-state index contributed by atoms with van der Waals surface area (Å²) in [6.45, 7) is 3.67. The second kappa shape index (κ2) is 7.88. The topological polar surface area (TPSA) is 67.9 Å². The maximum atomic E-state index is 5.78. The zero-order valence-electron chi connectivity index (χ0n) is 13.7. The molecule has 0 spiro atoms. The molecule has 0 aliphatic carbocycles. The summed E-state index contributed by atoms with van der Waals surface area (Å²) >= 11 is 1.62. The van der Waals surface area contributed by atoms with Crippen LogP contribution in [0, 0.1) is 0 Å². The molecule has 2 aromatic heterocycles. The number of aryl methyl sites for hydroxylation is 1. The minimum Gasteiger partial charge on any atom is -0.399 e. The summed E-state index contributed by atoms with van der Waals surface area (Å²) < 4.78 is 0. The first-order valence-corrected chi connectivity index (χ1v) is 8.96. The van der Waals surface area contributed by atoms with Gasteiger partial charge in [-0.2, -0.15) is 0 Å². The van der Waals surface area contributed by atoms with Gasteiger partial charge in [0.15, 0.2) is 0 Å². The molecule has 6 heteroatoms. The number of nitrogens with two attached hydrogens (primary N) is 1. The van der Waals surface area contributed by atoms with Crippen LogP contribution < -0.4 is 10.6 Å². The van der Waals surface area contributed by atoms with E-state index < -0.39 is 0 Å². The van der Waals surface area contributed by atoms with E-state index in [1.165, 1.54) is 5.56 Å². The van der Waals surface area contributed by atoms with E-state index >= 15 is 0 Å². The van der Waals surface area contributed by atoms with Gasteiger partial charge in [0, 0.05) is 43.0 Å². The standard InChI is InChI=1S/C18H21N5S/c1-2-14-9-20-18(21-10-14)23(8-7-17-12-24-13-22-17)11-15-3-5-16(19)6-4-15/h3-6,9-10,12-13H,2,7-8,11,19H2,1H3. The molecule has 0 radical (unpaired) electrons. The van der Waals surface area contributed by atoms with Crippen LogP contribution in [0.15, 0.2) is 47.5 Å². The average molecular weight is 339 g/mol. The Bertz CT molecular complexity index is 738. The zero-order chi connectivity index (χ0) is 16.8. The molecule has 0 saturated heterocycles. The Morgan fingerprint density at radius 3 is 2.42 bits per heavy atom. The van der Waals surface area contributed by atoms with Gasteiger partial charge in [0.2, 0.25) is 5.95 Å². The van der Waals surface area contributed by atoms with Crippen molar-refractivity contribution in [1.82, 2.24) is 15.0 Å². The summed E-state index contributed by atoms with van der Waals surface area (Å²) in [4.78, 5) is 15.6. The molecule has 0 amide bonds. The van der Waals surface area contributed by atoms with Gasteiger partial charge in [-0.1, -0.05) is 19.1 Å². The highest BCUT2D eigenvalue weighted by molar-refractivity contribution is 7.07. The predicted molar refractivity (Wildman–Crippen MR) is 99.1 cm³/mol. The second-order valence-electron chi connectivity index (χ2n) is 5.64. The van der Waals surface area contributed by atoms with Crippen LogP contribution in [0.1, 0.15) is 23.7 Å². The first kappa shape index (κ1) is 16.4. The lowest BCUT2D eigenvalue weighted by Gasteiger charge is -2.22. The smallest absolute Gasteiger partial charge is 0.225 e. The molecule has 3 aromatic rings. The third-order valence-corrected chi connectivity index (χ3v) is 4.49. The number of thiazole rings is 1. The largest absolute Gasteiger partial charge is 0.399 e. The molecule has 0 aliphatic rings. The number of benzene rings is 1. The first-order valence-electron chi connectivity index (χ1n) is 8.02. The van der Waals surface area contributed by atoms with Gasteiger partial charge in [-0.3, -0.25) is 0 Å². The van der Waals surface area contributed by atoms with Gasteiger partial charge in [0.25, 0.3) is 0 Å². The Morgan fingerprint density at radius 1 is 1.04 bits per heavy atom. The molecule has 0 aliphatic heterocycles. The molecule has 0 saturated carbocycles. The zero-order valence-corrected chi connectivity index (χ0v) is 14.5. The van der Waals surface area contributed by atoms with Gasteiger partial charge >= 0.3 is 0 Å². The van der Waals surface area contributed by atoms with Crippen LogP contribution in [0.25, 0.3) is 0 Å². The van der Waals surface area contributed by atoms with Crippen molar-refractivity contribution in [3.8, 4) is 0 Å². The molecule has 2 N–H and O–H groups in total. The lowest BCUT2D eigenvalue weighted by Crippen LogP contribution is -2.27. The van der Waals surface area contributed by atoms with Crippen molar-refractivity contribution >= 4 is 23.0 Å². The lowest BCUT2D eigenvalue weighted by molar-refractivity contribution is 0.743. The van der Waals surface area contributed by atoms with Crippen molar-refractivity contribution in [2.24, 2.45) is 0 Å². The third kappa shape index (κ3) is 4.29. The fourth-order valence-electron chi connectivity index (χ4n) is 2.40. The number of nitrogen functional groups attached to an aromatic ring is 1. The lowest BCUT2D eigenvalue weighted by atomic mass is 10.2. The Balaban J connectivity index is 1.77. The van der Waals surface area contributed by atoms with Crippen molar-refractivity contribution in [1.29, 1.82) is 0 Å². The van der Waals surface area contributed by atoms with E-state index in [0.29, 0.717) is 0 Å². The fraction of sp³-hybridized carbons (Fsp3) is 0.278. The van der Waals surface area contributed by atoms with Crippen LogP contribution in [0.3, 0.4) is 0 Å². The first-order chi connectivity index (χ1) is 11.7. The van der Waals surface area contributed by atoms with Crippen LogP contribution in [0.5, 0.6) is 0 Å². The Kier molecular flexibility index (Phi) is 5.38. The van der Waals surface area contributed by atoms with E-state index in [1.807, 2.05) is 42.2 Å². The van der Waals surface area contributed by atoms with Gasteiger partial charge in [-0.15, -0.1) is 11.3 Å². The fourth-order valence-corrected chi connectivity index (χ4v) is 2.99. The average Bonchev–Trinajstić information content (AvgIpc) is 3.14. The molecule has 3 rings (SSSR count). The van der Waals surface area contributed by atoms with Crippen molar-refractivity contribution in [2.75, 3.05) is 17.2 Å². The number of rotatable bonds is 7. The number of nitrogens with zero attached hydrogens (tertiary/aromatic N) is 4. The Morgan fingerprint density at radius 2 is 1.79 bits per heavy atom. The van der Waals surface area contributed by atoms with E-state index in [-0.39, 0.29) is 0 Å². The SMILES string of the molecule is CCc1cnc(N(CCc2cscn2)Cc2ccc(N)cc2)nc1. The monoisotopic (exact) mass is 339 g/mol. The molecule has 24 heavy (non-hydrogen) atoms. The van der Waals surface area contributed by atoms with E-state index in [2.05, 4.69) is 32.2 Å². The molecular formula is C18H21N5S. The molecule has 124 valence electrons. The highest BCUT2D eigenvalue weighted by Gasteiger charge is 2.11. The van der Waals surface area contributed by atoms with E-state index in [0.717, 1.165) is 48.8 Å². The van der Waals surface area contributed by atoms with E-state index in [1.54, 1.807) is 11.3 Å². The summed E-state index contributed by atoms with van der Waals surface area (Å²) in [7, 11) is 0. The third-order valence-electron chi connectivity index (χ3n) is 3.86. The molecule has 1 aromatic carbocycles. The molecule has 0 fully saturated rings. The van der Waals surface area contributed by atoms with Gasteiger partial charge in [-0.25, -0.2) is 15.0 Å². The molecule has 0 unspecified atom stereocenters. The van der Waals surface area contributed by atoms with Crippen LogP contribution in [-0.4, -0.2) is 21.5 Å². The molecule has 5 nitrogen and oxygen atoms in total. The van der Waals surface area contributed by atoms with Crippen LogP contribution in [0.4, 0.5) is 11.6 Å². The van der Waals surface area contributed by atoms with Crippen LogP contribution in [0.2, 0.25) is 0 Å². The maximum absolute atomic E-state index is 5.78. The minimum atomic E-state index is 0.746.